The summed E-state index contributed by atoms with van der Waals surface area (Å²) < 4.78 is 11.7. The van der Waals surface area contributed by atoms with Crippen LogP contribution in [0.1, 0.15) is 0 Å². The Kier molecular flexibility index (Phi) is 4.82. The molecule has 4 aromatic carbocycles. The number of hydrogen-bond acceptors (Lipinski definition) is 7. The zero-order valence-electron chi connectivity index (χ0n) is 17.7. The Labute approximate surface area is 186 Å². The minimum absolute atomic E-state index is 0.156. The second-order valence-corrected chi connectivity index (χ2v) is 7.29. The molecule has 162 valence electrons. The molecular formula is C25H17N3O5. The number of benzene rings is 3. The molecule has 0 aliphatic carbocycles. The highest BCUT2D eigenvalue weighted by Gasteiger charge is 2.17. The second-order valence-electron chi connectivity index (χ2n) is 7.29. The Morgan fingerprint density at radius 3 is 2.00 bits per heavy atom. The molecule has 0 saturated heterocycles. The van der Waals surface area contributed by atoms with Gasteiger partial charge in [-0.15, -0.1) is 0 Å². The van der Waals surface area contributed by atoms with E-state index in [1.54, 1.807) is 66.7 Å². The number of methoxy groups -OCH3 is 2. The van der Waals surface area contributed by atoms with E-state index in [1.807, 2.05) is 0 Å². The summed E-state index contributed by atoms with van der Waals surface area (Å²) in [6.45, 7) is 0. The first-order valence-electron chi connectivity index (χ1n) is 10.0. The average molecular weight is 439 g/mol. The van der Waals surface area contributed by atoms with Crippen LogP contribution in [0.5, 0.6) is 11.5 Å². The van der Waals surface area contributed by atoms with Gasteiger partial charge in [0.1, 0.15) is 0 Å². The number of aromatic nitrogens is 2. The summed E-state index contributed by atoms with van der Waals surface area (Å²) in [6.07, 6.45) is 0. The monoisotopic (exact) mass is 439 g/mol. The van der Waals surface area contributed by atoms with Crippen LogP contribution < -0.4 is 31.2 Å². The summed E-state index contributed by atoms with van der Waals surface area (Å²) in [4.78, 5) is 43.8. The zero-order chi connectivity index (χ0) is 23.1. The maximum Gasteiger partial charge on any atom is 0.282 e. The predicted molar refractivity (Wildman–Crippen MR) is 124 cm³/mol. The lowest BCUT2D eigenvalue weighted by Gasteiger charge is -2.12. The molecule has 0 N–H and O–H groups in total. The number of para-hydroxylation sites is 1. The second kappa shape index (κ2) is 7.83. The molecule has 0 spiro atoms. The van der Waals surface area contributed by atoms with Crippen molar-refractivity contribution < 1.29 is 9.47 Å². The van der Waals surface area contributed by atoms with Gasteiger partial charge < -0.3 is 9.47 Å². The summed E-state index contributed by atoms with van der Waals surface area (Å²) in [6, 6.07) is 18.3. The Morgan fingerprint density at radius 2 is 1.36 bits per heavy atom. The van der Waals surface area contributed by atoms with E-state index in [2.05, 4.69) is 10.1 Å². The third-order valence-corrected chi connectivity index (χ3v) is 5.44. The number of nitrogens with zero attached hydrogens (tertiary/aromatic N) is 3. The maximum atomic E-state index is 13.4. The lowest BCUT2D eigenvalue weighted by molar-refractivity contribution is 0.355. The van der Waals surface area contributed by atoms with Crippen molar-refractivity contribution in [2.24, 2.45) is 5.10 Å². The van der Waals surface area contributed by atoms with Crippen molar-refractivity contribution in [3.63, 3.8) is 0 Å². The first-order chi connectivity index (χ1) is 16.0. The molecule has 8 nitrogen and oxygen atoms in total. The summed E-state index contributed by atoms with van der Waals surface area (Å²) in [5.41, 5.74) is -0.622. The highest BCUT2D eigenvalue weighted by atomic mass is 16.5. The van der Waals surface area contributed by atoms with Gasteiger partial charge in [0.05, 0.1) is 25.1 Å². The van der Waals surface area contributed by atoms with Gasteiger partial charge >= 0.3 is 0 Å². The summed E-state index contributed by atoms with van der Waals surface area (Å²) >= 11 is 0. The number of hydrogen-bond donors (Lipinski definition) is 0. The topological polar surface area (TPSA) is 99.9 Å². The SMILES string of the molecule is COc1ccc(-c2nc3ccccc3c(=O)n2N=c2c(=O)c3ccccc3c2=O)cc1OC. The summed E-state index contributed by atoms with van der Waals surface area (Å²) in [5.74, 6) is 1.08. The van der Waals surface area contributed by atoms with E-state index in [9.17, 15) is 14.4 Å². The van der Waals surface area contributed by atoms with Gasteiger partial charge in [0, 0.05) is 16.3 Å². The van der Waals surface area contributed by atoms with Crippen LogP contribution in [0.25, 0.3) is 33.1 Å². The van der Waals surface area contributed by atoms with Gasteiger partial charge in [-0.3, -0.25) is 14.4 Å². The molecule has 0 fully saturated rings. The fourth-order valence-corrected chi connectivity index (χ4v) is 3.81. The normalized spacial score (nSPS) is 11.1. The van der Waals surface area contributed by atoms with E-state index in [1.165, 1.54) is 14.2 Å². The maximum absolute atomic E-state index is 13.4. The van der Waals surface area contributed by atoms with Crippen molar-refractivity contribution in [3.8, 4) is 22.9 Å². The van der Waals surface area contributed by atoms with Crippen molar-refractivity contribution in [3.05, 3.63) is 103 Å². The largest absolute Gasteiger partial charge is 0.493 e. The zero-order valence-corrected chi connectivity index (χ0v) is 17.7. The lowest BCUT2D eigenvalue weighted by atomic mass is 10.1. The van der Waals surface area contributed by atoms with Crippen LogP contribution in [-0.4, -0.2) is 23.9 Å². The third-order valence-electron chi connectivity index (χ3n) is 5.44. The van der Waals surface area contributed by atoms with E-state index in [-0.39, 0.29) is 22.0 Å². The highest BCUT2D eigenvalue weighted by Crippen LogP contribution is 2.31. The molecule has 5 aromatic rings. The Morgan fingerprint density at radius 1 is 0.758 bits per heavy atom. The van der Waals surface area contributed by atoms with Crippen molar-refractivity contribution in [2.75, 3.05) is 14.2 Å². The molecule has 0 radical (unpaired) electrons. The van der Waals surface area contributed by atoms with Crippen LogP contribution >= 0.6 is 0 Å². The average Bonchev–Trinajstić information content (AvgIpc) is 3.10. The molecule has 0 aliphatic heterocycles. The molecule has 0 amide bonds. The van der Waals surface area contributed by atoms with Crippen LogP contribution in [-0.2, 0) is 0 Å². The van der Waals surface area contributed by atoms with E-state index in [0.717, 1.165) is 4.68 Å². The van der Waals surface area contributed by atoms with Crippen LogP contribution in [0.15, 0.2) is 86.2 Å². The molecule has 1 aromatic heterocycles. The molecule has 0 saturated carbocycles. The molecule has 0 aliphatic rings. The first kappa shape index (κ1) is 20.3. The van der Waals surface area contributed by atoms with Gasteiger partial charge in [0.25, 0.3) is 5.56 Å². The standard InChI is InChI=1S/C25H17N3O5/c1-32-19-12-11-14(13-20(19)33-2)24-26-18-10-6-5-9-17(18)25(31)28(24)27-21-22(29)15-7-3-4-8-16(15)23(21)30/h3-13H,1-2H3. The molecule has 0 atom stereocenters. The molecular weight excluding hydrogens is 422 g/mol. The van der Waals surface area contributed by atoms with Gasteiger partial charge in [0.2, 0.25) is 10.9 Å². The van der Waals surface area contributed by atoms with E-state index in [4.69, 9.17) is 9.47 Å². The van der Waals surface area contributed by atoms with Crippen LogP contribution in [0.4, 0.5) is 0 Å². The fourth-order valence-electron chi connectivity index (χ4n) is 3.81. The Balaban J connectivity index is 1.90. The Hall–Kier alpha value is -4.59. The van der Waals surface area contributed by atoms with Crippen LogP contribution in [0.3, 0.4) is 0 Å². The van der Waals surface area contributed by atoms with Gasteiger partial charge in [-0.25, -0.2) is 4.98 Å². The van der Waals surface area contributed by atoms with Gasteiger partial charge in [-0.05, 0) is 30.3 Å². The fraction of sp³-hybridized carbons (Fsp3) is 0.0800. The molecule has 5 rings (SSSR count). The smallest absolute Gasteiger partial charge is 0.282 e. The number of ether oxygens (including phenoxy) is 2. The quantitative estimate of drug-likeness (QED) is 0.426. The van der Waals surface area contributed by atoms with Crippen molar-refractivity contribution in [1.29, 1.82) is 0 Å². The summed E-state index contributed by atoms with van der Waals surface area (Å²) in [5, 5.41) is 4.74. The number of rotatable bonds is 4. The van der Waals surface area contributed by atoms with E-state index >= 15 is 0 Å². The third kappa shape index (κ3) is 3.20. The Bertz CT molecular complexity index is 1710. The van der Waals surface area contributed by atoms with Gasteiger partial charge in [-0.1, -0.05) is 36.4 Å². The van der Waals surface area contributed by atoms with Crippen LogP contribution in [0.2, 0.25) is 0 Å². The lowest BCUT2D eigenvalue weighted by Crippen LogP contribution is -2.35. The van der Waals surface area contributed by atoms with Crippen molar-refractivity contribution in [2.45, 2.75) is 0 Å². The first-order valence-corrected chi connectivity index (χ1v) is 10.0. The molecule has 0 unspecified atom stereocenters. The van der Waals surface area contributed by atoms with Gasteiger partial charge in [-0.2, -0.15) is 9.78 Å². The molecule has 8 heteroatoms. The van der Waals surface area contributed by atoms with Gasteiger partial charge in [0.15, 0.2) is 22.7 Å². The minimum Gasteiger partial charge on any atom is -0.493 e. The predicted octanol–water partition coefficient (Wildman–Crippen LogP) is 2.19. The minimum atomic E-state index is -0.533. The van der Waals surface area contributed by atoms with E-state index < -0.39 is 16.4 Å². The summed E-state index contributed by atoms with van der Waals surface area (Å²) in [7, 11) is 3.01. The molecule has 1 heterocycles. The molecule has 0 bridgehead atoms. The van der Waals surface area contributed by atoms with Crippen LogP contribution in [0, 0.1) is 0 Å². The van der Waals surface area contributed by atoms with E-state index in [0.29, 0.717) is 28.0 Å². The molecule has 33 heavy (non-hydrogen) atoms. The van der Waals surface area contributed by atoms with Crippen molar-refractivity contribution >= 4 is 21.7 Å². The highest BCUT2D eigenvalue weighted by molar-refractivity contribution is 5.83. The number of fused-ring (bicyclic) bond motifs is 2. The van der Waals surface area contributed by atoms with Crippen molar-refractivity contribution in [1.82, 2.24) is 9.66 Å².